The molecule has 1 aromatic carbocycles. The summed E-state index contributed by atoms with van der Waals surface area (Å²) < 4.78 is 11.2. The summed E-state index contributed by atoms with van der Waals surface area (Å²) in [5.41, 5.74) is 2.79. The van der Waals surface area contributed by atoms with Gasteiger partial charge in [-0.05, 0) is 31.0 Å². The Labute approximate surface area is 158 Å². The maximum atomic E-state index is 5.93. The lowest BCUT2D eigenvalue weighted by atomic mass is 10.2. The van der Waals surface area contributed by atoms with Crippen molar-refractivity contribution in [3.8, 4) is 17.4 Å². The topological polar surface area (TPSA) is 82.1 Å². The van der Waals surface area contributed by atoms with Crippen molar-refractivity contribution in [3.63, 3.8) is 0 Å². The first-order valence-electron chi connectivity index (χ1n) is 8.95. The van der Waals surface area contributed by atoms with E-state index >= 15 is 0 Å². The summed E-state index contributed by atoms with van der Waals surface area (Å²) >= 11 is 0. The normalized spacial score (nSPS) is 10.5. The highest BCUT2D eigenvalue weighted by molar-refractivity contribution is 5.38. The van der Waals surface area contributed by atoms with Gasteiger partial charge in [-0.15, -0.1) is 5.10 Å². The highest BCUT2D eigenvalue weighted by Crippen LogP contribution is 2.26. The monoisotopic (exact) mass is 365 g/mol. The average Bonchev–Trinajstić information content (AvgIpc) is 2.73. The highest BCUT2D eigenvalue weighted by Gasteiger charge is 2.10. The number of nitrogens with zero attached hydrogens (tertiary/aromatic N) is 4. The van der Waals surface area contributed by atoms with Gasteiger partial charge < -0.3 is 14.8 Å². The molecule has 2 heterocycles. The van der Waals surface area contributed by atoms with E-state index in [1.165, 1.54) is 0 Å². The van der Waals surface area contributed by atoms with E-state index in [4.69, 9.17) is 9.47 Å². The van der Waals surface area contributed by atoms with Crippen molar-refractivity contribution < 1.29 is 9.47 Å². The molecule has 0 atom stereocenters. The van der Waals surface area contributed by atoms with E-state index in [0.29, 0.717) is 24.1 Å². The Hall–Kier alpha value is -3.22. The van der Waals surface area contributed by atoms with Gasteiger partial charge in [0.2, 0.25) is 11.8 Å². The average molecular weight is 365 g/mol. The van der Waals surface area contributed by atoms with E-state index in [1.807, 2.05) is 36.4 Å². The molecule has 0 aliphatic rings. The lowest BCUT2D eigenvalue weighted by Gasteiger charge is -2.12. The van der Waals surface area contributed by atoms with Crippen molar-refractivity contribution in [2.75, 3.05) is 12.4 Å². The van der Waals surface area contributed by atoms with Gasteiger partial charge >= 0.3 is 0 Å². The third-order valence-corrected chi connectivity index (χ3v) is 4.05. The molecular formula is C20H23N5O2. The molecule has 0 bridgehead atoms. The molecular weight excluding hydrogens is 342 g/mol. The lowest BCUT2D eigenvalue weighted by molar-refractivity contribution is 0.406. The summed E-state index contributed by atoms with van der Waals surface area (Å²) in [5, 5.41) is 11.6. The molecule has 0 unspecified atom stereocenters. The zero-order chi connectivity index (χ0) is 19.1. The first kappa shape index (κ1) is 18.6. The van der Waals surface area contributed by atoms with E-state index in [2.05, 4.69) is 39.3 Å². The highest BCUT2D eigenvalue weighted by atomic mass is 16.5. The van der Waals surface area contributed by atoms with Gasteiger partial charge in [0, 0.05) is 24.4 Å². The molecule has 3 rings (SSSR count). The zero-order valence-corrected chi connectivity index (χ0v) is 15.8. The second-order valence-corrected chi connectivity index (χ2v) is 5.84. The molecule has 2 aromatic heterocycles. The molecule has 0 aliphatic carbocycles. The van der Waals surface area contributed by atoms with Crippen LogP contribution in [0.5, 0.6) is 17.4 Å². The van der Waals surface area contributed by atoms with Crippen molar-refractivity contribution in [1.29, 1.82) is 0 Å². The summed E-state index contributed by atoms with van der Waals surface area (Å²) in [5.74, 6) is 2.41. The van der Waals surface area contributed by atoms with Crippen LogP contribution in [0.1, 0.15) is 30.8 Å². The second kappa shape index (κ2) is 8.93. The maximum Gasteiger partial charge on any atom is 0.243 e. The van der Waals surface area contributed by atoms with Crippen molar-refractivity contribution >= 4 is 5.95 Å². The maximum absolute atomic E-state index is 5.93. The minimum absolute atomic E-state index is 0.476. The summed E-state index contributed by atoms with van der Waals surface area (Å²) in [6.07, 6.45) is 3.34. The molecule has 0 aliphatic heterocycles. The van der Waals surface area contributed by atoms with Crippen LogP contribution in [0.15, 0.2) is 42.6 Å². The summed E-state index contributed by atoms with van der Waals surface area (Å²) in [7, 11) is 1.62. The predicted molar refractivity (Wildman–Crippen MR) is 103 cm³/mol. The van der Waals surface area contributed by atoms with Gasteiger partial charge in [-0.3, -0.25) is 0 Å². The Morgan fingerprint density at radius 1 is 0.963 bits per heavy atom. The quantitative estimate of drug-likeness (QED) is 0.650. The molecule has 0 spiro atoms. The van der Waals surface area contributed by atoms with E-state index < -0.39 is 0 Å². The number of anilines is 1. The largest absolute Gasteiger partial charge is 0.497 e. The Morgan fingerprint density at radius 3 is 2.56 bits per heavy atom. The number of rotatable bonds is 8. The van der Waals surface area contributed by atoms with E-state index in [1.54, 1.807) is 13.3 Å². The van der Waals surface area contributed by atoms with Crippen LogP contribution in [0.3, 0.4) is 0 Å². The van der Waals surface area contributed by atoms with Crippen LogP contribution in [0.2, 0.25) is 0 Å². The standard InChI is InChI=1S/C20H23N5O2/c1-4-17-18(5-2)24-25-20(23-17)22-13-14-8-7-11-21-19(14)27-16-10-6-9-15(12-16)26-3/h6-12H,4-5,13H2,1-3H3,(H,22,23,25). The number of nitrogens with one attached hydrogen (secondary N) is 1. The van der Waals surface area contributed by atoms with E-state index in [0.717, 1.165) is 35.5 Å². The van der Waals surface area contributed by atoms with Gasteiger partial charge in [-0.25, -0.2) is 9.97 Å². The predicted octanol–water partition coefficient (Wildman–Crippen LogP) is 3.80. The summed E-state index contributed by atoms with van der Waals surface area (Å²) in [4.78, 5) is 8.89. The van der Waals surface area contributed by atoms with Crippen molar-refractivity contribution in [2.24, 2.45) is 0 Å². The molecule has 7 heteroatoms. The molecule has 140 valence electrons. The molecule has 0 fully saturated rings. The van der Waals surface area contributed by atoms with Gasteiger partial charge in [-0.2, -0.15) is 5.10 Å². The lowest BCUT2D eigenvalue weighted by Crippen LogP contribution is -2.10. The molecule has 0 radical (unpaired) electrons. The van der Waals surface area contributed by atoms with Gasteiger partial charge in [0.15, 0.2) is 0 Å². The van der Waals surface area contributed by atoms with Crippen LogP contribution in [-0.4, -0.2) is 27.3 Å². The first-order chi connectivity index (χ1) is 13.2. The number of aryl methyl sites for hydroxylation is 2. The Bertz CT molecular complexity index is 901. The minimum Gasteiger partial charge on any atom is -0.497 e. The number of aromatic nitrogens is 4. The van der Waals surface area contributed by atoms with Crippen molar-refractivity contribution in [3.05, 3.63) is 59.5 Å². The zero-order valence-electron chi connectivity index (χ0n) is 15.8. The first-order valence-corrected chi connectivity index (χ1v) is 8.95. The molecule has 0 saturated carbocycles. The number of hydrogen-bond acceptors (Lipinski definition) is 7. The Balaban J connectivity index is 1.74. The van der Waals surface area contributed by atoms with Crippen LogP contribution >= 0.6 is 0 Å². The molecule has 7 nitrogen and oxygen atoms in total. The molecule has 3 aromatic rings. The Kier molecular flexibility index (Phi) is 6.14. The smallest absolute Gasteiger partial charge is 0.243 e. The third-order valence-electron chi connectivity index (χ3n) is 4.05. The fraction of sp³-hybridized carbons (Fsp3) is 0.300. The van der Waals surface area contributed by atoms with Crippen LogP contribution in [0, 0.1) is 0 Å². The number of methoxy groups -OCH3 is 1. The fourth-order valence-electron chi connectivity index (χ4n) is 2.61. The van der Waals surface area contributed by atoms with E-state index in [9.17, 15) is 0 Å². The van der Waals surface area contributed by atoms with E-state index in [-0.39, 0.29) is 0 Å². The summed E-state index contributed by atoms with van der Waals surface area (Å²) in [6, 6.07) is 11.2. The molecule has 1 N–H and O–H groups in total. The molecule has 0 saturated heterocycles. The van der Waals surface area contributed by atoms with Crippen molar-refractivity contribution in [2.45, 2.75) is 33.2 Å². The van der Waals surface area contributed by atoms with Crippen LogP contribution in [0.25, 0.3) is 0 Å². The summed E-state index contributed by atoms with van der Waals surface area (Å²) in [6.45, 7) is 4.59. The third kappa shape index (κ3) is 4.69. The van der Waals surface area contributed by atoms with Gasteiger partial charge in [-0.1, -0.05) is 26.0 Å². The molecule has 0 amide bonds. The van der Waals surface area contributed by atoms with Crippen LogP contribution in [-0.2, 0) is 19.4 Å². The fourth-order valence-corrected chi connectivity index (χ4v) is 2.61. The Morgan fingerprint density at radius 2 is 1.78 bits per heavy atom. The minimum atomic E-state index is 0.476. The second-order valence-electron chi connectivity index (χ2n) is 5.84. The number of hydrogen-bond donors (Lipinski definition) is 1. The molecule has 27 heavy (non-hydrogen) atoms. The SMILES string of the molecule is CCc1nnc(NCc2cccnc2Oc2cccc(OC)c2)nc1CC. The van der Waals surface area contributed by atoms with Crippen LogP contribution in [0.4, 0.5) is 5.95 Å². The number of ether oxygens (including phenoxy) is 2. The number of pyridine rings is 1. The van der Waals surface area contributed by atoms with Crippen LogP contribution < -0.4 is 14.8 Å². The van der Waals surface area contributed by atoms with Gasteiger partial charge in [0.1, 0.15) is 11.5 Å². The van der Waals surface area contributed by atoms with Crippen molar-refractivity contribution in [1.82, 2.24) is 20.2 Å². The number of benzene rings is 1. The van der Waals surface area contributed by atoms with Gasteiger partial charge in [0.25, 0.3) is 0 Å². The van der Waals surface area contributed by atoms with Gasteiger partial charge in [0.05, 0.1) is 18.5 Å².